The summed E-state index contributed by atoms with van der Waals surface area (Å²) < 4.78 is 15.9. The zero-order chi connectivity index (χ0) is 22.7. The normalized spacial score (nSPS) is 10.6. The predicted octanol–water partition coefficient (Wildman–Crippen LogP) is 5.69. The van der Waals surface area contributed by atoms with E-state index in [1.165, 1.54) is 25.6 Å². The molecule has 0 radical (unpaired) electrons. The highest BCUT2D eigenvalue weighted by Gasteiger charge is 2.19. The molecule has 0 saturated heterocycles. The van der Waals surface area contributed by atoms with Gasteiger partial charge in [-0.15, -0.1) is 11.3 Å². The Hall–Kier alpha value is -3.84. The fraction of sp³-hybridized carbons (Fsp3) is 0.120. The molecule has 0 fully saturated rings. The number of benzene rings is 3. The van der Waals surface area contributed by atoms with E-state index < -0.39 is 0 Å². The predicted molar refractivity (Wildman–Crippen MR) is 125 cm³/mol. The van der Waals surface area contributed by atoms with E-state index in [2.05, 4.69) is 0 Å². The number of phenolic OH excluding ortho intramolecular Hbond substituents is 1. The third kappa shape index (κ3) is 4.02. The quantitative estimate of drug-likeness (QED) is 0.367. The van der Waals surface area contributed by atoms with Gasteiger partial charge in [-0.05, 0) is 42.0 Å². The van der Waals surface area contributed by atoms with E-state index in [0.29, 0.717) is 17.1 Å². The van der Waals surface area contributed by atoms with Gasteiger partial charge in [-0.2, -0.15) is 0 Å². The molecular formula is C25H21NO5S. The maximum atomic E-state index is 11.1. The number of aromatic nitrogens is 1. The van der Waals surface area contributed by atoms with Crippen LogP contribution in [0.25, 0.3) is 32.3 Å². The van der Waals surface area contributed by atoms with E-state index in [-0.39, 0.29) is 5.75 Å². The summed E-state index contributed by atoms with van der Waals surface area (Å²) in [4.78, 5) is 16.9. The molecule has 7 heteroatoms. The molecule has 6 nitrogen and oxygen atoms in total. The molecule has 0 aliphatic rings. The van der Waals surface area contributed by atoms with Crippen LogP contribution < -0.4 is 14.2 Å². The van der Waals surface area contributed by atoms with Crippen molar-refractivity contribution in [3.63, 3.8) is 0 Å². The number of hydrogen-bond acceptors (Lipinski definition) is 7. The first kappa shape index (κ1) is 21.4. The van der Waals surface area contributed by atoms with Crippen LogP contribution in [0.15, 0.2) is 60.7 Å². The van der Waals surface area contributed by atoms with Crippen LogP contribution in [-0.4, -0.2) is 37.7 Å². The number of rotatable bonds is 7. The zero-order valence-electron chi connectivity index (χ0n) is 17.8. The Bertz CT molecular complexity index is 1220. The van der Waals surface area contributed by atoms with Crippen LogP contribution in [0.2, 0.25) is 0 Å². The van der Waals surface area contributed by atoms with Gasteiger partial charge in [0.2, 0.25) is 5.75 Å². The number of aldehydes is 1. The van der Waals surface area contributed by atoms with Gasteiger partial charge in [-0.25, -0.2) is 4.98 Å². The number of thiazole rings is 1. The van der Waals surface area contributed by atoms with Gasteiger partial charge in [0.1, 0.15) is 17.0 Å². The van der Waals surface area contributed by atoms with Gasteiger partial charge in [-0.3, -0.25) is 4.79 Å². The second kappa shape index (κ2) is 9.11. The fourth-order valence-electron chi connectivity index (χ4n) is 3.31. The van der Waals surface area contributed by atoms with Crippen molar-refractivity contribution < 1.29 is 24.1 Å². The molecule has 4 rings (SSSR count). The third-order valence-electron chi connectivity index (χ3n) is 5.03. The average molecular weight is 448 g/mol. The molecule has 1 N–H and O–H groups in total. The minimum Gasteiger partial charge on any atom is -0.502 e. The molecule has 4 aromatic rings. The van der Waals surface area contributed by atoms with Crippen LogP contribution in [0, 0.1) is 0 Å². The van der Waals surface area contributed by atoms with E-state index in [1.807, 2.05) is 36.4 Å². The molecule has 0 atom stereocenters. The lowest BCUT2D eigenvalue weighted by Crippen LogP contribution is -1.90. The zero-order valence-corrected chi connectivity index (χ0v) is 18.6. The largest absolute Gasteiger partial charge is 0.502 e. The molecule has 0 aliphatic carbocycles. The number of aromatic hydroxyl groups is 1. The van der Waals surface area contributed by atoms with Crippen LogP contribution in [0.4, 0.5) is 0 Å². The first-order chi connectivity index (χ1) is 15.6. The van der Waals surface area contributed by atoms with E-state index in [9.17, 15) is 9.90 Å². The summed E-state index contributed by atoms with van der Waals surface area (Å²) in [6.07, 6.45) is 0.821. The van der Waals surface area contributed by atoms with Crippen molar-refractivity contribution in [1.29, 1.82) is 0 Å². The Kier molecular flexibility index (Phi) is 6.09. The lowest BCUT2D eigenvalue weighted by Gasteiger charge is -2.09. The van der Waals surface area contributed by atoms with E-state index in [4.69, 9.17) is 19.2 Å². The maximum absolute atomic E-state index is 11.1. The molecular weight excluding hydrogens is 426 g/mol. The monoisotopic (exact) mass is 447 g/mol. The van der Waals surface area contributed by atoms with Gasteiger partial charge in [0.15, 0.2) is 11.5 Å². The minimum atomic E-state index is -0.0599. The highest BCUT2D eigenvalue weighted by Crippen LogP contribution is 2.45. The third-order valence-corrected chi connectivity index (χ3v) is 6.18. The number of carbonyl (C=O) groups is 1. The summed E-state index contributed by atoms with van der Waals surface area (Å²) in [6, 6.07) is 18.5. The van der Waals surface area contributed by atoms with Crippen molar-refractivity contribution in [3.05, 3.63) is 66.2 Å². The second-order valence-electron chi connectivity index (χ2n) is 6.89. The van der Waals surface area contributed by atoms with Crippen LogP contribution >= 0.6 is 11.3 Å². The minimum absolute atomic E-state index is 0.0599. The Morgan fingerprint density at radius 1 is 0.812 bits per heavy atom. The summed E-state index contributed by atoms with van der Waals surface area (Å²) in [7, 11) is 4.60. The molecule has 0 bridgehead atoms. The number of phenols is 1. The number of hydrogen-bond donors (Lipinski definition) is 1. The molecule has 0 saturated carbocycles. The molecule has 0 amide bonds. The van der Waals surface area contributed by atoms with Gasteiger partial charge in [0.25, 0.3) is 0 Å². The van der Waals surface area contributed by atoms with Crippen molar-refractivity contribution in [1.82, 2.24) is 4.98 Å². The number of nitrogens with zero attached hydrogens (tertiary/aromatic N) is 1. The van der Waals surface area contributed by atoms with Crippen molar-refractivity contribution in [3.8, 4) is 55.3 Å². The number of methoxy groups -OCH3 is 3. The van der Waals surface area contributed by atoms with Crippen LogP contribution in [-0.2, 0) is 0 Å². The Morgan fingerprint density at radius 3 is 1.94 bits per heavy atom. The van der Waals surface area contributed by atoms with Gasteiger partial charge in [-0.1, -0.05) is 24.3 Å². The van der Waals surface area contributed by atoms with E-state index >= 15 is 0 Å². The molecule has 0 aliphatic heterocycles. The summed E-state index contributed by atoms with van der Waals surface area (Å²) >= 11 is 1.50. The van der Waals surface area contributed by atoms with Crippen LogP contribution in [0.1, 0.15) is 10.4 Å². The molecule has 0 unspecified atom stereocenters. The van der Waals surface area contributed by atoms with Gasteiger partial charge >= 0.3 is 0 Å². The Labute approximate surface area is 189 Å². The van der Waals surface area contributed by atoms with Gasteiger partial charge < -0.3 is 19.3 Å². The summed E-state index contributed by atoms with van der Waals surface area (Å²) in [6.45, 7) is 0. The lowest BCUT2D eigenvalue weighted by molar-refractivity contribution is 0.112. The van der Waals surface area contributed by atoms with Crippen molar-refractivity contribution in [2.24, 2.45) is 0 Å². The van der Waals surface area contributed by atoms with Crippen LogP contribution in [0.5, 0.6) is 23.0 Å². The standard InChI is InChI=1S/C25H21NO5S/c1-29-19-10-8-16(9-11-19)22-24(17-6-4-15(14-27)5-7-17)32-25(26-22)18-12-20(30-2)23(28)21(13-18)31-3/h4-14,28H,1-3H3. The Balaban J connectivity index is 1.89. The van der Waals surface area contributed by atoms with Crippen LogP contribution in [0.3, 0.4) is 0 Å². The summed E-state index contributed by atoms with van der Waals surface area (Å²) in [5, 5.41) is 11.0. The number of carbonyl (C=O) groups excluding carboxylic acids is 1. The molecule has 1 aromatic heterocycles. The molecule has 32 heavy (non-hydrogen) atoms. The maximum Gasteiger partial charge on any atom is 0.200 e. The fourth-order valence-corrected chi connectivity index (χ4v) is 4.39. The Morgan fingerprint density at radius 2 is 1.41 bits per heavy atom. The van der Waals surface area contributed by atoms with Crippen molar-refractivity contribution in [2.75, 3.05) is 21.3 Å². The molecule has 3 aromatic carbocycles. The van der Waals surface area contributed by atoms with Crippen molar-refractivity contribution >= 4 is 17.6 Å². The molecule has 0 spiro atoms. The van der Waals surface area contributed by atoms with Gasteiger partial charge in [0.05, 0.1) is 31.9 Å². The smallest absolute Gasteiger partial charge is 0.200 e. The summed E-state index contributed by atoms with van der Waals surface area (Å²) in [5.74, 6) is 1.30. The molecule has 1 heterocycles. The SMILES string of the molecule is COc1ccc(-c2nc(-c3cc(OC)c(O)c(OC)c3)sc2-c2ccc(C=O)cc2)cc1. The molecule has 162 valence electrons. The number of ether oxygens (including phenoxy) is 3. The highest BCUT2D eigenvalue weighted by atomic mass is 32.1. The van der Waals surface area contributed by atoms with E-state index in [1.54, 1.807) is 31.4 Å². The lowest BCUT2D eigenvalue weighted by atomic mass is 10.1. The van der Waals surface area contributed by atoms with Crippen molar-refractivity contribution in [2.45, 2.75) is 0 Å². The van der Waals surface area contributed by atoms with E-state index in [0.717, 1.165) is 44.3 Å². The topological polar surface area (TPSA) is 77.9 Å². The summed E-state index contributed by atoms with van der Waals surface area (Å²) in [5.41, 5.74) is 4.05. The highest BCUT2D eigenvalue weighted by molar-refractivity contribution is 7.19. The first-order valence-electron chi connectivity index (χ1n) is 9.74. The average Bonchev–Trinajstić information content (AvgIpc) is 3.29. The van der Waals surface area contributed by atoms with Gasteiger partial charge in [0, 0.05) is 16.7 Å². The second-order valence-corrected chi connectivity index (χ2v) is 7.89. The first-order valence-corrected chi connectivity index (χ1v) is 10.6.